The lowest BCUT2D eigenvalue weighted by atomic mass is 9.47. The summed E-state index contributed by atoms with van der Waals surface area (Å²) in [6.45, 7) is 4.82. The fourth-order valence-corrected chi connectivity index (χ4v) is 6.68. The van der Waals surface area contributed by atoms with Crippen molar-refractivity contribution in [1.29, 1.82) is 0 Å². The van der Waals surface area contributed by atoms with Crippen LogP contribution in [0.2, 0.25) is 0 Å². The van der Waals surface area contributed by atoms with Gasteiger partial charge >= 0.3 is 0 Å². The van der Waals surface area contributed by atoms with Crippen LogP contribution in [-0.2, 0) is 0 Å². The zero-order valence-electron chi connectivity index (χ0n) is 13.5. The Bertz CT molecular complexity index is 470. The van der Waals surface area contributed by atoms with Crippen molar-refractivity contribution in [1.82, 2.24) is 0 Å². The topological polar surface area (TPSA) is 40.5 Å². The summed E-state index contributed by atoms with van der Waals surface area (Å²) in [5.41, 5.74) is 2.06. The number of fused-ring (bicyclic) bond motifs is 5. The van der Waals surface area contributed by atoms with Crippen LogP contribution in [0.1, 0.15) is 65.2 Å². The van der Waals surface area contributed by atoms with E-state index in [1.165, 1.54) is 32.1 Å². The van der Waals surface area contributed by atoms with Crippen LogP contribution in [0.25, 0.3) is 0 Å². The second-order valence-electron chi connectivity index (χ2n) is 8.77. The van der Waals surface area contributed by atoms with Gasteiger partial charge in [0.2, 0.25) is 0 Å². The van der Waals surface area contributed by atoms with Crippen molar-refractivity contribution < 1.29 is 10.2 Å². The quantitative estimate of drug-likeness (QED) is 0.668. The molecule has 3 fully saturated rings. The Kier molecular flexibility index (Phi) is 3.11. The predicted octanol–water partition coefficient (Wildman–Crippen LogP) is 3.67. The maximum absolute atomic E-state index is 10.5. The molecule has 0 saturated heterocycles. The Morgan fingerprint density at radius 3 is 2.57 bits per heavy atom. The van der Waals surface area contributed by atoms with E-state index >= 15 is 0 Å². The second kappa shape index (κ2) is 4.58. The molecule has 2 heteroatoms. The lowest BCUT2D eigenvalue weighted by molar-refractivity contribution is -0.0761. The lowest BCUT2D eigenvalue weighted by Gasteiger charge is -2.58. The molecule has 118 valence electrons. The van der Waals surface area contributed by atoms with Crippen LogP contribution >= 0.6 is 0 Å². The molecule has 0 aromatic carbocycles. The number of hydrogen-bond donors (Lipinski definition) is 2. The molecule has 4 aliphatic carbocycles. The highest BCUT2D eigenvalue weighted by Gasteiger charge is 2.58. The van der Waals surface area contributed by atoms with Gasteiger partial charge in [0.05, 0.1) is 12.2 Å². The Morgan fingerprint density at radius 1 is 0.952 bits per heavy atom. The number of hydrogen-bond acceptors (Lipinski definition) is 2. The normalized spacial score (nSPS) is 56.2. The average molecular weight is 290 g/mol. The third-order valence-electron chi connectivity index (χ3n) is 8.04. The second-order valence-corrected chi connectivity index (χ2v) is 8.77. The average Bonchev–Trinajstić information content (AvgIpc) is 2.76. The van der Waals surface area contributed by atoms with Gasteiger partial charge in [0, 0.05) is 0 Å². The first-order valence-electron chi connectivity index (χ1n) is 9.02. The van der Waals surface area contributed by atoms with Gasteiger partial charge in [0.15, 0.2) is 0 Å². The van der Waals surface area contributed by atoms with Crippen LogP contribution in [0.5, 0.6) is 0 Å². The van der Waals surface area contributed by atoms with Crippen LogP contribution in [0.3, 0.4) is 0 Å². The summed E-state index contributed by atoms with van der Waals surface area (Å²) in [5.74, 6) is 2.32. The molecule has 21 heavy (non-hydrogen) atoms. The van der Waals surface area contributed by atoms with Crippen molar-refractivity contribution in [3.8, 4) is 0 Å². The van der Waals surface area contributed by atoms with E-state index < -0.39 is 0 Å². The van der Waals surface area contributed by atoms with Crippen molar-refractivity contribution in [2.24, 2.45) is 28.6 Å². The van der Waals surface area contributed by atoms with Crippen molar-refractivity contribution in [3.63, 3.8) is 0 Å². The van der Waals surface area contributed by atoms with Gasteiger partial charge in [-0.1, -0.05) is 25.5 Å². The zero-order chi connectivity index (χ0) is 14.8. The van der Waals surface area contributed by atoms with E-state index in [-0.39, 0.29) is 17.6 Å². The maximum atomic E-state index is 10.5. The standard InChI is InChI=1S/C19H30O2/c1-18-9-7-13(20)11-12(18)3-4-14-15-5-6-17(21)19(15,2)10-8-16(14)18/h11,13-17,20-21H,3-10H2,1-2H3/t13-,14-,15-,16-,17-,18-,19+/m0/s1. The molecular weight excluding hydrogens is 260 g/mol. The van der Waals surface area contributed by atoms with E-state index in [2.05, 4.69) is 19.9 Å². The first kappa shape index (κ1) is 14.3. The van der Waals surface area contributed by atoms with E-state index in [0.717, 1.165) is 37.0 Å². The zero-order valence-corrected chi connectivity index (χ0v) is 13.5. The molecule has 3 saturated carbocycles. The van der Waals surface area contributed by atoms with Gasteiger partial charge in [-0.05, 0) is 80.0 Å². The van der Waals surface area contributed by atoms with Gasteiger partial charge in [0.1, 0.15) is 0 Å². The first-order chi connectivity index (χ1) is 9.95. The fraction of sp³-hybridized carbons (Fsp3) is 0.895. The van der Waals surface area contributed by atoms with Crippen LogP contribution < -0.4 is 0 Å². The number of aliphatic hydroxyl groups excluding tert-OH is 2. The summed E-state index contributed by atoms with van der Waals surface area (Å²) in [6, 6.07) is 0. The third kappa shape index (κ3) is 1.84. The van der Waals surface area contributed by atoms with Crippen molar-refractivity contribution in [3.05, 3.63) is 11.6 Å². The molecule has 0 aromatic rings. The third-order valence-corrected chi connectivity index (χ3v) is 8.04. The maximum Gasteiger partial charge on any atom is 0.0724 e. The highest BCUT2D eigenvalue weighted by Crippen LogP contribution is 2.65. The summed E-state index contributed by atoms with van der Waals surface area (Å²) in [5, 5.41) is 20.4. The van der Waals surface area contributed by atoms with Gasteiger partial charge in [-0.25, -0.2) is 0 Å². The minimum atomic E-state index is -0.202. The minimum absolute atomic E-state index is 0.0682. The Balaban J connectivity index is 1.67. The molecule has 0 spiro atoms. The van der Waals surface area contributed by atoms with Crippen LogP contribution in [-0.4, -0.2) is 22.4 Å². The summed E-state index contributed by atoms with van der Waals surface area (Å²) in [7, 11) is 0. The molecule has 0 unspecified atom stereocenters. The molecular formula is C19H30O2. The van der Waals surface area contributed by atoms with E-state index in [1.54, 1.807) is 5.57 Å². The van der Waals surface area contributed by atoms with E-state index in [0.29, 0.717) is 5.41 Å². The SMILES string of the molecule is C[C@@]12CC[C@H]3[C@@H](CCC4=C[C@@H](O)CC[C@@]43C)[C@@H]1CC[C@@H]2O. The van der Waals surface area contributed by atoms with E-state index in [4.69, 9.17) is 0 Å². The highest BCUT2D eigenvalue weighted by atomic mass is 16.3. The molecule has 0 amide bonds. The van der Waals surface area contributed by atoms with Gasteiger partial charge in [0.25, 0.3) is 0 Å². The predicted molar refractivity (Wildman–Crippen MR) is 83.7 cm³/mol. The smallest absolute Gasteiger partial charge is 0.0724 e. The fourth-order valence-electron chi connectivity index (χ4n) is 6.68. The molecule has 2 N–H and O–H groups in total. The monoisotopic (exact) mass is 290 g/mol. The summed E-state index contributed by atoms with van der Waals surface area (Å²) in [4.78, 5) is 0. The number of rotatable bonds is 0. The van der Waals surface area contributed by atoms with Crippen LogP contribution in [0, 0.1) is 28.6 Å². The molecule has 0 heterocycles. The molecule has 0 radical (unpaired) electrons. The molecule has 4 aliphatic rings. The van der Waals surface area contributed by atoms with Crippen LogP contribution in [0.4, 0.5) is 0 Å². The number of aliphatic hydroxyl groups is 2. The van der Waals surface area contributed by atoms with Crippen molar-refractivity contribution >= 4 is 0 Å². The van der Waals surface area contributed by atoms with Gasteiger partial charge in [-0.2, -0.15) is 0 Å². The largest absolute Gasteiger partial charge is 0.393 e. The lowest BCUT2D eigenvalue weighted by Crippen LogP contribution is -2.51. The Hall–Kier alpha value is -0.340. The Labute approximate surface area is 128 Å². The van der Waals surface area contributed by atoms with Gasteiger partial charge in [-0.15, -0.1) is 0 Å². The van der Waals surface area contributed by atoms with Gasteiger partial charge < -0.3 is 10.2 Å². The first-order valence-corrected chi connectivity index (χ1v) is 9.02. The summed E-state index contributed by atoms with van der Waals surface area (Å²) >= 11 is 0. The molecule has 4 rings (SSSR count). The van der Waals surface area contributed by atoms with Crippen LogP contribution in [0.15, 0.2) is 11.6 Å². The molecule has 2 nitrogen and oxygen atoms in total. The van der Waals surface area contributed by atoms with Crippen molar-refractivity contribution in [2.45, 2.75) is 77.4 Å². The van der Waals surface area contributed by atoms with Gasteiger partial charge in [-0.3, -0.25) is 0 Å². The van der Waals surface area contributed by atoms with Crippen molar-refractivity contribution in [2.75, 3.05) is 0 Å². The highest BCUT2D eigenvalue weighted by molar-refractivity contribution is 5.25. The molecule has 0 aromatic heterocycles. The van der Waals surface area contributed by atoms with E-state index in [1.807, 2.05) is 0 Å². The Morgan fingerprint density at radius 2 is 1.76 bits per heavy atom. The molecule has 7 atom stereocenters. The summed E-state index contributed by atoms with van der Waals surface area (Å²) < 4.78 is 0. The molecule has 0 bridgehead atoms. The molecule has 0 aliphatic heterocycles. The summed E-state index contributed by atoms with van der Waals surface area (Å²) in [6.07, 6.45) is 11.2. The number of allylic oxidation sites excluding steroid dienone is 1. The van der Waals surface area contributed by atoms with E-state index in [9.17, 15) is 10.2 Å². The minimum Gasteiger partial charge on any atom is -0.393 e.